The summed E-state index contributed by atoms with van der Waals surface area (Å²) >= 11 is 0. The van der Waals surface area contributed by atoms with Crippen LogP contribution in [0.1, 0.15) is 36.9 Å². The van der Waals surface area contributed by atoms with Gasteiger partial charge in [0.15, 0.2) is 6.61 Å². The average Bonchev–Trinajstić information content (AvgIpc) is 3.00. The standard InChI is InChI=1S/C21H28N4O3/c1-16-13-20(24-21(23-16)25-11-5-3-4-6-12-25)28-15-19(26)22-14-17-7-9-18(27-2)10-8-17/h7-10,13H,3-6,11-12,14-15H2,1-2H3,(H,22,26). The second kappa shape index (κ2) is 9.92. The Morgan fingerprint density at radius 1 is 1.11 bits per heavy atom. The summed E-state index contributed by atoms with van der Waals surface area (Å²) in [4.78, 5) is 23.4. The lowest BCUT2D eigenvalue weighted by atomic mass is 10.2. The van der Waals surface area contributed by atoms with Gasteiger partial charge in [-0.05, 0) is 37.5 Å². The maximum absolute atomic E-state index is 12.1. The van der Waals surface area contributed by atoms with Gasteiger partial charge in [0.2, 0.25) is 11.8 Å². The van der Waals surface area contributed by atoms with Crippen molar-refractivity contribution in [2.24, 2.45) is 0 Å². The molecule has 1 saturated heterocycles. The molecule has 1 aliphatic rings. The highest BCUT2D eigenvalue weighted by Crippen LogP contribution is 2.19. The summed E-state index contributed by atoms with van der Waals surface area (Å²) in [6.07, 6.45) is 4.81. The minimum Gasteiger partial charge on any atom is -0.497 e. The van der Waals surface area contributed by atoms with Crippen molar-refractivity contribution >= 4 is 11.9 Å². The second-order valence-electron chi connectivity index (χ2n) is 6.96. The van der Waals surface area contributed by atoms with Crippen LogP contribution >= 0.6 is 0 Å². The van der Waals surface area contributed by atoms with Crippen LogP contribution in [-0.4, -0.2) is 42.7 Å². The molecule has 0 radical (unpaired) electrons. The van der Waals surface area contributed by atoms with E-state index in [0.717, 1.165) is 42.9 Å². The van der Waals surface area contributed by atoms with Crippen LogP contribution in [-0.2, 0) is 11.3 Å². The van der Waals surface area contributed by atoms with E-state index >= 15 is 0 Å². The summed E-state index contributed by atoms with van der Waals surface area (Å²) < 4.78 is 10.8. The van der Waals surface area contributed by atoms with Gasteiger partial charge < -0.3 is 19.7 Å². The molecule has 1 aromatic carbocycles. The Bertz CT molecular complexity index is 772. The summed E-state index contributed by atoms with van der Waals surface area (Å²) in [6.45, 7) is 4.20. The number of anilines is 1. The molecule has 1 N–H and O–H groups in total. The van der Waals surface area contributed by atoms with E-state index in [1.807, 2.05) is 31.2 Å². The average molecular weight is 384 g/mol. The molecule has 0 saturated carbocycles. The number of aryl methyl sites for hydroxylation is 1. The van der Waals surface area contributed by atoms with Gasteiger partial charge in [0, 0.05) is 31.4 Å². The molecule has 0 bridgehead atoms. The molecule has 3 rings (SSSR count). The summed E-state index contributed by atoms with van der Waals surface area (Å²) in [5, 5.41) is 2.85. The first-order chi connectivity index (χ1) is 13.6. The number of carbonyl (C=O) groups excluding carboxylic acids is 1. The van der Waals surface area contributed by atoms with Crippen LogP contribution in [0.4, 0.5) is 5.95 Å². The number of nitrogens with zero attached hydrogens (tertiary/aromatic N) is 3. The summed E-state index contributed by atoms with van der Waals surface area (Å²) in [5.41, 5.74) is 1.83. The van der Waals surface area contributed by atoms with Crippen molar-refractivity contribution in [1.29, 1.82) is 0 Å². The van der Waals surface area contributed by atoms with Crippen molar-refractivity contribution < 1.29 is 14.3 Å². The minimum atomic E-state index is -0.191. The third kappa shape index (κ3) is 5.84. The maximum Gasteiger partial charge on any atom is 0.258 e. The number of methoxy groups -OCH3 is 1. The number of hydrogen-bond donors (Lipinski definition) is 1. The Morgan fingerprint density at radius 2 is 1.82 bits per heavy atom. The Hall–Kier alpha value is -2.83. The molecule has 0 spiro atoms. The van der Waals surface area contributed by atoms with Gasteiger partial charge in [-0.1, -0.05) is 25.0 Å². The van der Waals surface area contributed by atoms with Gasteiger partial charge in [0.1, 0.15) is 5.75 Å². The Balaban J connectivity index is 1.52. The number of rotatable bonds is 7. The van der Waals surface area contributed by atoms with E-state index in [1.54, 1.807) is 13.2 Å². The van der Waals surface area contributed by atoms with Crippen LogP contribution in [0.2, 0.25) is 0 Å². The molecule has 0 aliphatic carbocycles. The van der Waals surface area contributed by atoms with E-state index in [2.05, 4.69) is 20.2 Å². The van der Waals surface area contributed by atoms with E-state index in [1.165, 1.54) is 12.8 Å². The summed E-state index contributed by atoms with van der Waals surface area (Å²) in [6, 6.07) is 9.33. The molecule has 1 amide bonds. The number of nitrogens with one attached hydrogen (secondary N) is 1. The number of benzene rings is 1. The van der Waals surface area contributed by atoms with Gasteiger partial charge in [-0.25, -0.2) is 4.98 Å². The van der Waals surface area contributed by atoms with Crippen molar-refractivity contribution in [2.45, 2.75) is 39.2 Å². The molecule has 7 heteroatoms. The monoisotopic (exact) mass is 384 g/mol. The SMILES string of the molecule is COc1ccc(CNC(=O)COc2cc(C)nc(N3CCCCCC3)n2)cc1. The zero-order valence-corrected chi connectivity index (χ0v) is 16.6. The lowest BCUT2D eigenvalue weighted by Gasteiger charge is -2.21. The predicted octanol–water partition coefficient (Wildman–Crippen LogP) is 2.87. The van der Waals surface area contributed by atoms with E-state index < -0.39 is 0 Å². The molecule has 0 atom stereocenters. The van der Waals surface area contributed by atoms with Crippen molar-refractivity contribution in [1.82, 2.24) is 15.3 Å². The highest BCUT2D eigenvalue weighted by molar-refractivity contribution is 5.77. The smallest absolute Gasteiger partial charge is 0.258 e. The van der Waals surface area contributed by atoms with Crippen LogP contribution in [0.15, 0.2) is 30.3 Å². The lowest BCUT2D eigenvalue weighted by molar-refractivity contribution is -0.123. The van der Waals surface area contributed by atoms with E-state index in [-0.39, 0.29) is 12.5 Å². The van der Waals surface area contributed by atoms with Crippen molar-refractivity contribution in [3.63, 3.8) is 0 Å². The summed E-state index contributed by atoms with van der Waals surface area (Å²) in [5.74, 6) is 1.73. The normalized spacial score (nSPS) is 14.3. The first-order valence-corrected chi connectivity index (χ1v) is 9.77. The predicted molar refractivity (Wildman–Crippen MR) is 108 cm³/mol. The van der Waals surface area contributed by atoms with Gasteiger partial charge in [0.05, 0.1) is 7.11 Å². The molecule has 28 heavy (non-hydrogen) atoms. The van der Waals surface area contributed by atoms with E-state index in [4.69, 9.17) is 9.47 Å². The number of aromatic nitrogens is 2. The molecule has 0 unspecified atom stereocenters. The van der Waals surface area contributed by atoms with Crippen LogP contribution in [0.25, 0.3) is 0 Å². The Morgan fingerprint density at radius 3 is 2.50 bits per heavy atom. The van der Waals surface area contributed by atoms with Crippen molar-refractivity contribution in [2.75, 3.05) is 31.7 Å². The maximum atomic E-state index is 12.1. The molecule has 2 aromatic rings. The zero-order valence-electron chi connectivity index (χ0n) is 16.6. The lowest BCUT2D eigenvalue weighted by Crippen LogP contribution is -2.29. The highest BCUT2D eigenvalue weighted by Gasteiger charge is 2.14. The Labute approximate surface area is 166 Å². The van der Waals surface area contributed by atoms with Crippen molar-refractivity contribution in [3.8, 4) is 11.6 Å². The first kappa shape index (κ1) is 19.9. The third-order valence-corrected chi connectivity index (χ3v) is 4.71. The van der Waals surface area contributed by atoms with Gasteiger partial charge in [-0.2, -0.15) is 4.98 Å². The van der Waals surface area contributed by atoms with Crippen LogP contribution in [0.5, 0.6) is 11.6 Å². The number of carbonyl (C=O) groups is 1. The Kier molecular flexibility index (Phi) is 7.06. The van der Waals surface area contributed by atoms with E-state index in [9.17, 15) is 4.79 Å². The van der Waals surface area contributed by atoms with Crippen LogP contribution < -0.4 is 19.7 Å². The van der Waals surface area contributed by atoms with Crippen LogP contribution in [0.3, 0.4) is 0 Å². The van der Waals surface area contributed by atoms with Gasteiger partial charge in [0.25, 0.3) is 5.91 Å². The quantitative estimate of drug-likeness (QED) is 0.791. The zero-order chi connectivity index (χ0) is 19.8. The number of ether oxygens (including phenoxy) is 2. The van der Waals surface area contributed by atoms with Gasteiger partial charge in [-0.15, -0.1) is 0 Å². The molecule has 1 fully saturated rings. The molecule has 7 nitrogen and oxygen atoms in total. The molecule has 150 valence electrons. The van der Waals surface area contributed by atoms with E-state index in [0.29, 0.717) is 18.4 Å². The highest BCUT2D eigenvalue weighted by atomic mass is 16.5. The topological polar surface area (TPSA) is 76.6 Å². The van der Waals surface area contributed by atoms with Gasteiger partial charge in [-0.3, -0.25) is 4.79 Å². The van der Waals surface area contributed by atoms with Crippen LogP contribution in [0, 0.1) is 6.92 Å². The van der Waals surface area contributed by atoms with Gasteiger partial charge >= 0.3 is 0 Å². The second-order valence-corrected chi connectivity index (χ2v) is 6.96. The largest absolute Gasteiger partial charge is 0.497 e. The molecular weight excluding hydrogens is 356 g/mol. The fourth-order valence-electron chi connectivity index (χ4n) is 3.15. The molecule has 2 heterocycles. The molecule has 1 aromatic heterocycles. The molecule has 1 aliphatic heterocycles. The number of hydrogen-bond acceptors (Lipinski definition) is 6. The third-order valence-electron chi connectivity index (χ3n) is 4.71. The molecular formula is C21H28N4O3. The fraction of sp³-hybridized carbons (Fsp3) is 0.476. The fourth-order valence-corrected chi connectivity index (χ4v) is 3.15. The van der Waals surface area contributed by atoms with Crippen molar-refractivity contribution in [3.05, 3.63) is 41.6 Å². The minimum absolute atomic E-state index is 0.0773. The first-order valence-electron chi connectivity index (χ1n) is 9.77. The summed E-state index contributed by atoms with van der Waals surface area (Å²) in [7, 11) is 1.63. The number of amides is 1.